The van der Waals surface area contributed by atoms with Crippen LogP contribution < -0.4 is 10.5 Å². The Labute approximate surface area is 168 Å². The van der Waals surface area contributed by atoms with E-state index in [0.717, 1.165) is 5.75 Å². The number of hydrogen-bond donors (Lipinski definition) is 1. The average Bonchev–Trinajstić information content (AvgIpc) is 2.55. The predicted molar refractivity (Wildman–Crippen MR) is 109 cm³/mol. The fraction of sp³-hybridized carbons (Fsp3) is 0.636. The molecular formula is C22H35NO5. The van der Waals surface area contributed by atoms with Gasteiger partial charge >= 0.3 is 11.9 Å². The summed E-state index contributed by atoms with van der Waals surface area (Å²) in [5.41, 5.74) is 4.78. The number of benzene rings is 1. The van der Waals surface area contributed by atoms with E-state index in [-0.39, 0.29) is 12.4 Å². The van der Waals surface area contributed by atoms with E-state index in [1.54, 1.807) is 20.8 Å². The third-order valence-corrected chi connectivity index (χ3v) is 3.70. The van der Waals surface area contributed by atoms with E-state index in [9.17, 15) is 9.59 Å². The van der Waals surface area contributed by atoms with Crippen LogP contribution in [-0.2, 0) is 19.1 Å². The third-order valence-electron chi connectivity index (χ3n) is 3.70. The Bertz CT molecular complexity index is 616. The lowest BCUT2D eigenvalue weighted by Gasteiger charge is -2.26. The van der Waals surface area contributed by atoms with Crippen molar-refractivity contribution in [3.8, 4) is 5.75 Å². The van der Waals surface area contributed by atoms with Gasteiger partial charge in [0.05, 0.1) is 12.5 Å². The summed E-state index contributed by atoms with van der Waals surface area (Å²) >= 11 is 0. The molecule has 0 unspecified atom stereocenters. The van der Waals surface area contributed by atoms with Crippen molar-refractivity contribution in [2.24, 2.45) is 11.7 Å². The highest BCUT2D eigenvalue weighted by molar-refractivity contribution is 5.78. The first-order valence-corrected chi connectivity index (χ1v) is 9.76. The SMILES string of the molecule is CC(C)(C)OC(=O)[C@@H](CCCOc1ccccc1)C[C@H](N)C(=O)OC(C)(C)C. The molecule has 6 nitrogen and oxygen atoms in total. The lowest BCUT2D eigenvalue weighted by atomic mass is 9.95. The molecule has 0 saturated heterocycles. The zero-order valence-electron chi connectivity index (χ0n) is 18.0. The molecule has 1 rings (SSSR count). The maximum Gasteiger partial charge on any atom is 0.323 e. The van der Waals surface area contributed by atoms with Crippen LogP contribution in [0.5, 0.6) is 5.75 Å². The second-order valence-electron chi connectivity index (χ2n) is 8.91. The highest BCUT2D eigenvalue weighted by Crippen LogP contribution is 2.21. The van der Waals surface area contributed by atoms with Crippen molar-refractivity contribution in [3.63, 3.8) is 0 Å². The van der Waals surface area contributed by atoms with Crippen molar-refractivity contribution in [2.75, 3.05) is 6.61 Å². The summed E-state index contributed by atoms with van der Waals surface area (Å²) in [5, 5.41) is 0. The Morgan fingerprint density at radius 2 is 1.46 bits per heavy atom. The van der Waals surface area contributed by atoms with Gasteiger partial charge in [0.2, 0.25) is 0 Å². The number of hydrogen-bond acceptors (Lipinski definition) is 6. The van der Waals surface area contributed by atoms with Gasteiger partial charge in [0.25, 0.3) is 0 Å². The monoisotopic (exact) mass is 393 g/mol. The number of ether oxygens (including phenoxy) is 3. The molecule has 0 saturated carbocycles. The summed E-state index contributed by atoms with van der Waals surface area (Å²) in [6, 6.07) is 8.60. The highest BCUT2D eigenvalue weighted by Gasteiger charge is 2.30. The van der Waals surface area contributed by atoms with E-state index in [1.165, 1.54) is 0 Å². The van der Waals surface area contributed by atoms with Gasteiger partial charge in [-0.2, -0.15) is 0 Å². The second kappa shape index (κ2) is 10.5. The molecule has 0 heterocycles. The molecule has 0 aliphatic heterocycles. The van der Waals surface area contributed by atoms with Gasteiger partial charge in [-0.15, -0.1) is 0 Å². The summed E-state index contributed by atoms with van der Waals surface area (Å²) in [6.45, 7) is 11.2. The van der Waals surface area contributed by atoms with E-state index in [2.05, 4.69) is 0 Å². The molecule has 0 amide bonds. The number of esters is 2. The van der Waals surface area contributed by atoms with Crippen LogP contribution in [0.3, 0.4) is 0 Å². The second-order valence-corrected chi connectivity index (χ2v) is 8.91. The molecule has 6 heteroatoms. The minimum absolute atomic E-state index is 0.176. The summed E-state index contributed by atoms with van der Waals surface area (Å²) in [5.74, 6) is -0.587. The Kier molecular flexibility index (Phi) is 8.95. The van der Waals surface area contributed by atoms with Gasteiger partial charge < -0.3 is 19.9 Å². The van der Waals surface area contributed by atoms with E-state index < -0.39 is 29.1 Å². The van der Waals surface area contributed by atoms with Gasteiger partial charge in [0, 0.05) is 0 Å². The summed E-state index contributed by atoms with van der Waals surface area (Å²) in [6.07, 6.45) is 1.33. The molecule has 0 spiro atoms. The summed E-state index contributed by atoms with van der Waals surface area (Å²) in [7, 11) is 0. The topological polar surface area (TPSA) is 87.9 Å². The van der Waals surface area contributed by atoms with Crippen LogP contribution in [0.4, 0.5) is 0 Å². The van der Waals surface area contributed by atoms with E-state index in [4.69, 9.17) is 19.9 Å². The predicted octanol–water partition coefficient (Wildman–Crippen LogP) is 3.86. The van der Waals surface area contributed by atoms with Gasteiger partial charge in [-0.05, 0) is 72.9 Å². The number of nitrogens with two attached hydrogens (primary N) is 1. The molecule has 2 atom stereocenters. The first-order chi connectivity index (χ1) is 12.9. The zero-order chi connectivity index (χ0) is 21.4. The molecule has 1 aromatic rings. The summed E-state index contributed by atoms with van der Waals surface area (Å²) in [4.78, 5) is 24.8. The van der Waals surface area contributed by atoms with Crippen LogP contribution in [-0.4, -0.2) is 35.8 Å². The first kappa shape index (κ1) is 24.0. The fourth-order valence-electron chi connectivity index (χ4n) is 2.53. The van der Waals surface area contributed by atoms with Crippen molar-refractivity contribution in [2.45, 2.75) is 78.0 Å². The van der Waals surface area contributed by atoms with Crippen LogP contribution in [0.2, 0.25) is 0 Å². The van der Waals surface area contributed by atoms with Crippen molar-refractivity contribution < 1.29 is 23.8 Å². The van der Waals surface area contributed by atoms with Gasteiger partial charge in [-0.1, -0.05) is 18.2 Å². The lowest BCUT2D eigenvalue weighted by Crippen LogP contribution is -2.40. The highest BCUT2D eigenvalue weighted by atomic mass is 16.6. The van der Waals surface area contributed by atoms with Crippen LogP contribution >= 0.6 is 0 Å². The molecule has 0 bridgehead atoms. The molecule has 0 aliphatic rings. The summed E-state index contributed by atoms with van der Waals surface area (Å²) < 4.78 is 16.5. The van der Waals surface area contributed by atoms with Crippen LogP contribution in [0.25, 0.3) is 0 Å². The molecule has 2 N–H and O–H groups in total. The fourth-order valence-corrected chi connectivity index (χ4v) is 2.53. The zero-order valence-corrected chi connectivity index (χ0v) is 18.0. The quantitative estimate of drug-likeness (QED) is 0.506. The number of rotatable bonds is 9. The van der Waals surface area contributed by atoms with E-state index >= 15 is 0 Å². The van der Waals surface area contributed by atoms with Crippen LogP contribution in [0, 0.1) is 5.92 Å². The molecule has 0 aromatic heterocycles. The van der Waals surface area contributed by atoms with Crippen LogP contribution in [0.15, 0.2) is 30.3 Å². The number of para-hydroxylation sites is 1. The maximum atomic E-state index is 12.6. The van der Waals surface area contributed by atoms with Crippen molar-refractivity contribution in [1.82, 2.24) is 0 Å². The van der Waals surface area contributed by atoms with Crippen molar-refractivity contribution in [3.05, 3.63) is 30.3 Å². The molecule has 0 radical (unpaired) electrons. The maximum absolute atomic E-state index is 12.6. The Hall–Kier alpha value is -2.08. The molecular weight excluding hydrogens is 358 g/mol. The number of carbonyl (C=O) groups is 2. The minimum Gasteiger partial charge on any atom is -0.494 e. The van der Waals surface area contributed by atoms with Gasteiger partial charge in [-0.25, -0.2) is 0 Å². The standard InChI is InChI=1S/C22H35NO5/c1-21(2,3)27-19(24)16(15-18(23)20(25)28-22(4,5)6)11-10-14-26-17-12-8-7-9-13-17/h7-9,12-13,16,18H,10-11,14-15,23H2,1-6H3/t16-,18-/m0/s1. The molecule has 1 aromatic carbocycles. The molecule has 28 heavy (non-hydrogen) atoms. The Morgan fingerprint density at radius 1 is 0.929 bits per heavy atom. The largest absolute Gasteiger partial charge is 0.494 e. The van der Waals surface area contributed by atoms with Gasteiger partial charge in [-0.3, -0.25) is 9.59 Å². The van der Waals surface area contributed by atoms with Crippen molar-refractivity contribution in [1.29, 1.82) is 0 Å². The van der Waals surface area contributed by atoms with E-state index in [0.29, 0.717) is 19.4 Å². The first-order valence-electron chi connectivity index (χ1n) is 9.76. The Balaban J connectivity index is 2.65. The van der Waals surface area contributed by atoms with E-state index in [1.807, 2.05) is 51.1 Å². The molecule has 0 fully saturated rings. The molecule has 158 valence electrons. The van der Waals surface area contributed by atoms with Crippen LogP contribution in [0.1, 0.15) is 60.8 Å². The average molecular weight is 394 g/mol. The molecule has 0 aliphatic carbocycles. The number of carbonyl (C=O) groups excluding carboxylic acids is 2. The van der Waals surface area contributed by atoms with Gasteiger partial charge in [0.1, 0.15) is 23.0 Å². The Morgan fingerprint density at radius 3 is 2.00 bits per heavy atom. The lowest BCUT2D eigenvalue weighted by molar-refractivity contribution is -0.162. The third kappa shape index (κ3) is 10.3. The smallest absolute Gasteiger partial charge is 0.323 e. The minimum atomic E-state index is -0.883. The van der Waals surface area contributed by atoms with Gasteiger partial charge in [0.15, 0.2) is 0 Å². The van der Waals surface area contributed by atoms with Crippen molar-refractivity contribution >= 4 is 11.9 Å². The normalized spacial score (nSPS) is 14.1.